The Balaban J connectivity index is 1.15. The van der Waals surface area contributed by atoms with Crippen LogP contribution in [-0.4, -0.2) is 55.9 Å². The predicted octanol–water partition coefficient (Wildman–Crippen LogP) is 3.54. The molecule has 1 fully saturated rings. The Hall–Kier alpha value is -3.69. The molecule has 9 heteroatoms. The number of aromatic nitrogens is 2. The highest BCUT2D eigenvalue weighted by Gasteiger charge is 2.29. The van der Waals surface area contributed by atoms with Crippen molar-refractivity contribution in [3.8, 4) is 22.8 Å². The van der Waals surface area contributed by atoms with Crippen LogP contribution in [0.4, 0.5) is 5.82 Å². The zero-order chi connectivity index (χ0) is 23.1. The van der Waals surface area contributed by atoms with Crippen LogP contribution in [0.25, 0.3) is 22.0 Å². The number of anilines is 1. The summed E-state index contributed by atoms with van der Waals surface area (Å²) in [7, 11) is -3.56. The van der Waals surface area contributed by atoms with Crippen LogP contribution in [-0.2, 0) is 10.0 Å². The van der Waals surface area contributed by atoms with E-state index in [2.05, 4.69) is 15.1 Å². The molecule has 8 nitrogen and oxygen atoms in total. The first-order chi connectivity index (χ1) is 16.6. The Morgan fingerprint density at radius 2 is 1.53 bits per heavy atom. The van der Waals surface area contributed by atoms with E-state index < -0.39 is 10.0 Å². The quantitative estimate of drug-likeness (QED) is 0.447. The molecule has 3 aromatic carbocycles. The lowest BCUT2D eigenvalue weighted by Gasteiger charge is -2.34. The average Bonchev–Trinajstić information content (AvgIpc) is 3.37. The minimum Gasteiger partial charge on any atom is -0.454 e. The smallest absolute Gasteiger partial charge is 0.243 e. The van der Waals surface area contributed by atoms with E-state index in [0.29, 0.717) is 36.8 Å². The molecule has 2 aliphatic heterocycles. The lowest BCUT2D eigenvalue weighted by atomic mass is 10.1. The van der Waals surface area contributed by atoms with Gasteiger partial charge in [-0.25, -0.2) is 8.42 Å². The van der Waals surface area contributed by atoms with E-state index in [1.807, 2.05) is 60.7 Å². The van der Waals surface area contributed by atoms with Crippen LogP contribution in [0.1, 0.15) is 0 Å². The summed E-state index contributed by atoms with van der Waals surface area (Å²) in [5.41, 5.74) is 1.63. The number of sulfonamides is 1. The number of piperazine rings is 1. The van der Waals surface area contributed by atoms with E-state index in [1.165, 1.54) is 0 Å². The molecular weight excluding hydrogens is 452 g/mol. The molecule has 0 atom stereocenters. The molecule has 1 aromatic heterocycles. The van der Waals surface area contributed by atoms with E-state index >= 15 is 0 Å². The van der Waals surface area contributed by atoms with Gasteiger partial charge in [-0.15, -0.1) is 10.2 Å². The number of ether oxygens (including phenoxy) is 2. The minimum absolute atomic E-state index is 0.228. The van der Waals surface area contributed by atoms with E-state index in [-0.39, 0.29) is 6.79 Å². The molecule has 6 rings (SSSR count). The fourth-order valence-corrected chi connectivity index (χ4v) is 5.80. The van der Waals surface area contributed by atoms with Crippen molar-refractivity contribution in [2.75, 3.05) is 37.9 Å². The van der Waals surface area contributed by atoms with Gasteiger partial charge in [0.05, 0.1) is 10.6 Å². The third kappa shape index (κ3) is 3.72. The van der Waals surface area contributed by atoms with Crippen LogP contribution < -0.4 is 14.4 Å². The molecule has 0 spiro atoms. The molecule has 0 bridgehead atoms. The van der Waals surface area contributed by atoms with E-state index in [4.69, 9.17) is 9.47 Å². The average molecular weight is 475 g/mol. The molecule has 0 saturated carbocycles. The zero-order valence-electron chi connectivity index (χ0n) is 18.3. The fourth-order valence-electron chi connectivity index (χ4n) is 4.34. The number of rotatable bonds is 4. The van der Waals surface area contributed by atoms with Gasteiger partial charge < -0.3 is 14.4 Å². The maximum absolute atomic E-state index is 13.2. The maximum Gasteiger partial charge on any atom is 0.243 e. The zero-order valence-corrected chi connectivity index (χ0v) is 19.1. The molecule has 0 aliphatic carbocycles. The highest BCUT2D eigenvalue weighted by atomic mass is 32.2. The molecule has 172 valence electrons. The Kier molecular flexibility index (Phi) is 5.08. The van der Waals surface area contributed by atoms with Gasteiger partial charge in [0.2, 0.25) is 16.8 Å². The predicted molar refractivity (Wildman–Crippen MR) is 129 cm³/mol. The van der Waals surface area contributed by atoms with Crippen LogP contribution in [0.5, 0.6) is 11.5 Å². The third-order valence-corrected chi connectivity index (χ3v) is 8.13. The second-order valence-electron chi connectivity index (χ2n) is 8.24. The van der Waals surface area contributed by atoms with Gasteiger partial charge in [0.1, 0.15) is 0 Å². The van der Waals surface area contributed by atoms with Gasteiger partial charge in [-0.1, -0.05) is 30.3 Å². The lowest BCUT2D eigenvalue weighted by molar-refractivity contribution is 0.174. The third-order valence-electron chi connectivity index (χ3n) is 6.24. The molecule has 0 amide bonds. The summed E-state index contributed by atoms with van der Waals surface area (Å²) >= 11 is 0. The largest absolute Gasteiger partial charge is 0.454 e. The lowest BCUT2D eigenvalue weighted by Crippen LogP contribution is -2.49. The summed E-state index contributed by atoms with van der Waals surface area (Å²) in [5.74, 6) is 2.16. The molecule has 0 N–H and O–H groups in total. The van der Waals surface area contributed by atoms with Crippen LogP contribution in [0.2, 0.25) is 0 Å². The van der Waals surface area contributed by atoms with Crippen molar-refractivity contribution in [2.24, 2.45) is 0 Å². The molecule has 0 unspecified atom stereocenters. The van der Waals surface area contributed by atoms with Crippen molar-refractivity contribution < 1.29 is 17.9 Å². The van der Waals surface area contributed by atoms with Gasteiger partial charge in [0, 0.05) is 31.7 Å². The summed E-state index contributed by atoms with van der Waals surface area (Å²) in [6, 6.07) is 22.6. The van der Waals surface area contributed by atoms with Gasteiger partial charge >= 0.3 is 0 Å². The van der Waals surface area contributed by atoms with Crippen molar-refractivity contribution >= 4 is 26.6 Å². The van der Waals surface area contributed by atoms with Crippen LogP contribution in [0, 0.1) is 0 Å². The molecule has 4 aromatic rings. The summed E-state index contributed by atoms with van der Waals surface area (Å²) in [5, 5.41) is 10.7. The number of fused-ring (bicyclic) bond motifs is 2. The van der Waals surface area contributed by atoms with Crippen molar-refractivity contribution in [3.63, 3.8) is 0 Å². The molecule has 34 heavy (non-hydrogen) atoms. The number of hydrogen-bond acceptors (Lipinski definition) is 7. The van der Waals surface area contributed by atoms with Gasteiger partial charge in [0.25, 0.3) is 0 Å². The number of nitrogens with zero attached hydrogens (tertiary/aromatic N) is 4. The Morgan fingerprint density at radius 1 is 0.735 bits per heavy atom. The van der Waals surface area contributed by atoms with Crippen molar-refractivity contribution in [1.29, 1.82) is 0 Å². The maximum atomic E-state index is 13.2. The van der Waals surface area contributed by atoms with Crippen LogP contribution in [0.3, 0.4) is 0 Å². The van der Waals surface area contributed by atoms with Gasteiger partial charge in [-0.2, -0.15) is 4.31 Å². The molecule has 0 radical (unpaired) electrons. The summed E-state index contributed by atoms with van der Waals surface area (Å²) < 4.78 is 38.8. The fraction of sp³-hybridized carbons (Fsp3) is 0.200. The first-order valence-electron chi connectivity index (χ1n) is 11.1. The topological polar surface area (TPSA) is 84.9 Å². The van der Waals surface area contributed by atoms with Crippen molar-refractivity contribution in [3.05, 3.63) is 72.8 Å². The Morgan fingerprint density at radius 3 is 2.32 bits per heavy atom. The van der Waals surface area contributed by atoms with Crippen LogP contribution >= 0.6 is 0 Å². The van der Waals surface area contributed by atoms with E-state index in [9.17, 15) is 8.42 Å². The van der Waals surface area contributed by atoms with Gasteiger partial charge in [0.15, 0.2) is 17.3 Å². The minimum atomic E-state index is -3.56. The first-order valence-corrected chi connectivity index (χ1v) is 12.5. The molecule has 1 saturated heterocycles. The first kappa shape index (κ1) is 20.9. The Bertz CT molecular complexity index is 1470. The summed E-state index contributed by atoms with van der Waals surface area (Å²) in [6.07, 6.45) is 0. The van der Waals surface area contributed by atoms with Crippen molar-refractivity contribution in [2.45, 2.75) is 4.90 Å². The monoisotopic (exact) mass is 474 g/mol. The Labute approximate surface area is 197 Å². The molecule has 3 heterocycles. The SMILES string of the molecule is O=S(=O)(c1ccc2ccccc2c1)N1CCN(c2ccc(-c3ccc4c(c3)OCO4)nn2)CC1. The second kappa shape index (κ2) is 8.27. The second-order valence-corrected chi connectivity index (χ2v) is 10.2. The molecular formula is C25H22N4O4S. The number of benzene rings is 3. The van der Waals surface area contributed by atoms with Gasteiger partial charge in [-0.05, 0) is 53.2 Å². The highest BCUT2D eigenvalue weighted by molar-refractivity contribution is 7.89. The summed E-state index contributed by atoms with van der Waals surface area (Å²) in [6.45, 7) is 2.10. The van der Waals surface area contributed by atoms with E-state index in [1.54, 1.807) is 16.4 Å². The van der Waals surface area contributed by atoms with Crippen LogP contribution in [0.15, 0.2) is 77.7 Å². The van der Waals surface area contributed by atoms with E-state index in [0.717, 1.165) is 33.6 Å². The van der Waals surface area contributed by atoms with Gasteiger partial charge in [-0.3, -0.25) is 0 Å². The summed E-state index contributed by atoms with van der Waals surface area (Å²) in [4.78, 5) is 2.38. The normalized spacial score (nSPS) is 16.2. The highest BCUT2D eigenvalue weighted by Crippen LogP contribution is 2.35. The molecule has 2 aliphatic rings. The van der Waals surface area contributed by atoms with Crippen molar-refractivity contribution in [1.82, 2.24) is 14.5 Å². The standard InChI is InChI=1S/C25H22N4O4S/c30-34(31,21-7-5-18-3-1-2-4-19(18)15-21)29-13-11-28(12-14-29)25-10-8-22(26-27-25)20-6-9-23-24(16-20)33-17-32-23/h1-10,15-16H,11-14,17H2. The number of hydrogen-bond donors (Lipinski definition) is 0.